The van der Waals surface area contributed by atoms with Crippen LogP contribution in [-0.4, -0.2) is 32.4 Å². The monoisotopic (exact) mass is 452 g/mol. The molecule has 0 radical (unpaired) electrons. The summed E-state index contributed by atoms with van der Waals surface area (Å²) in [5, 5.41) is 11.6. The van der Waals surface area contributed by atoms with Crippen molar-refractivity contribution in [2.45, 2.75) is 20.0 Å². The molecule has 164 valence electrons. The fraction of sp³-hybridized carbons (Fsp3) is 0.182. The van der Waals surface area contributed by atoms with Crippen LogP contribution in [0, 0.1) is 12.7 Å². The molecule has 3 aromatic heterocycles. The molecule has 0 aliphatic heterocycles. The molecule has 0 saturated heterocycles. The van der Waals surface area contributed by atoms with Gasteiger partial charge in [0.2, 0.25) is 5.06 Å². The molecule has 2 N–H and O–H groups in total. The highest BCUT2D eigenvalue weighted by molar-refractivity contribution is 7.17. The Kier molecular flexibility index (Phi) is 6.71. The number of amides is 1. The number of benzene rings is 1. The van der Waals surface area contributed by atoms with Crippen molar-refractivity contribution in [1.29, 1.82) is 0 Å². The van der Waals surface area contributed by atoms with E-state index >= 15 is 0 Å². The molecule has 0 fully saturated rings. The molecule has 32 heavy (non-hydrogen) atoms. The number of nitrogens with zero attached hydrogens (tertiary/aromatic N) is 4. The van der Waals surface area contributed by atoms with Gasteiger partial charge in [-0.2, -0.15) is 5.10 Å². The van der Waals surface area contributed by atoms with E-state index in [1.54, 1.807) is 42.2 Å². The van der Waals surface area contributed by atoms with Crippen molar-refractivity contribution in [3.8, 4) is 15.8 Å². The topological polar surface area (TPSA) is 94.0 Å². The predicted octanol–water partition coefficient (Wildman–Crippen LogP) is 4.25. The molecule has 0 aliphatic rings. The summed E-state index contributed by atoms with van der Waals surface area (Å²) in [7, 11) is 0. The fourth-order valence-corrected chi connectivity index (χ4v) is 3.75. The van der Waals surface area contributed by atoms with Gasteiger partial charge in [-0.05, 0) is 48.9 Å². The van der Waals surface area contributed by atoms with Gasteiger partial charge in [0.05, 0.1) is 12.2 Å². The molecule has 4 rings (SSSR count). The van der Waals surface area contributed by atoms with Gasteiger partial charge in [0.1, 0.15) is 16.5 Å². The van der Waals surface area contributed by atoms with Gasteiger partial charge in [0, 0.05) is 37.4 Å². The maximum atomic E-state index is 13.0. The van der Waals surface area contributed by atoms with E-state index in [0.717, 1.165) is 11.3 Å². The number of rotatable bonds is 8. The van der Waals surface area contributed by atoms with E-state index in [-0.39, 0.29) is 5.82 Å². The maximum Gasteiger partial charge on any atom is 0.413 e. The molecule has 0 saturated carbocycles. The zero-order valence-electron chi connectivity index (χ0n) is 17.3. The summed E-state index contributed by atoms with van der Waals surface area (Å²) in [6, 6.07) is 11.8. The highest BCUT2D eigenvalue weighted by Gasteiger charge is 2.16. The molecule has 4 aromatic rings. The van der Waals surface area contributed by atoms with Crippen LogP contribution in [0.5, 0.6) is 5.06 Å². The number of hydrogen-bond acceptors (Lipinski definition) is 7. The number of aryl methyl sites for hydroxylation is 1. The van der Waals surface area contributed by atoms with Gasteiger partial charge >= 0.3 is 6.09 Å². The van der Waals surface area contributed by atoms with Crippen molar-refractivity contribution in [3.05, 3.63) is 78.1 Å². The summed E-state index contributed by atoms with van der Waals surface area (Å²) >= 11 is 1.26. The Balaban J connectivity index is 1.30. The zero-order valence-corrected chi connectivity index (χ0v) is 18.1. The van der Waals surface area contributed by atoms with E-state index in [4.69, 9.17) is 4.74 Å². The van der Waals surface area contributed by atoms with Crippen LogP contribution in [0.2, 0.25) is 0 Å². The first-order valence-electron chi connectivity index (χ1n) is 9.92. The molecule has 0 unspecified atom stereocenters. The predicted molar refractivity (Wildman–Crippen MR) is 120 cm³/mol. The molecular formula is C22H21FN6O2S. The lowest BCUT2D eigenvalue weighted by molar-refractivity contribution is 0.201. The van der Waals surface area contributed by atoms with Crippen LogP contribution in [0.4, 0.5) is 14.9 Å². The van der Waals surface area contributed by atoms with Gasteiger partial charge in [-0.3, -0.25) is 9.67 Å². The molecular weight excluding hydrogens is 431 g/mol. The van der Waals surface area contributed by atoms with Crippen molar-refractivity contribution in [3.63, 3.8) is 0 Å². The Morgan fingerprint density at radius 2 is 2.06 bits per heavy atom. The fourth-order valence-electron chi connectivity index (χ4n) is 2.87. The van der Waals surface area contributed by atoms with Gasteiger partial charge in [0.15, 0.2) is 0 Å². The molecule has 10 heteroatoms. The molecule has 3 heterocycles. The zero-order chi connectivity index (χ0) is 22.3. The number of carbonyl (C=O) groups excluding carboxylic acids is 1. The highest BCUT2D eigenvalue weighted by Crippen LogP contribution is 2.32. The highest BCUT2D eigenvalue weighted by atomic mass is 32.1. The van der Waals surface area contributed by atoms with Crippen molar-refractivity contribution < 1.29 is 13.9 Å². The van der Waals surface area contributed by atoms with Crippen molar-refractivity contribution in [2.75, 3.05) is 11.9 Å². The Bertz CT molecular complexity index is 1180. The summed E-state index contributed by atoms with van der Waals surface area (Å²) < 4.78 is 20.2. The van der Waals surface area contributed by atoms with E-state index in [1.165, 1.54) is 23.5 Å². The summed E-state index contributed by atoms with van der Waals surface area (Å²) in [5.74, 6) is -0.264. The normalized spacial score (nSPS) is 10.7. The van der Waals surface area contributed by atoms with Crippen LogP contribution in [0.3, 0.4) is 0 Å². The minimum atomic E-state index is -0.551. The molecule has 0 aliphatic carbocycles. The van der Waals surface area contributed by atoms with Gasteiger partial charge < -0.3 is 15.4 Å². The number of hydrogen-bond donors (Lipinski definition) is 2. The third-order valence-electron chi connectivity index (χ3n) is 4.47. The van der Waals surface area contributed by atoms with E-state index in [2.05, 4.69) is 25.7 Å². The van der Waals surface area contributed by atoms with E-state index in [9.17, 15) is 9.18 Å². The summed E-state index contributed by atoms with van der Waals surface area (Å²) in [6.45, 7) is 3.37. The maximum absolute atomic E-state index is 13.0. The van der Waals surface area contributed by atoms with Crippen LogP contribution in [-0.2, 0) is 13.1 Å². The van der Waals surface area contributed by atoms with Crippen LogP contribution in [0.25, 0.3) is 10.7 Å². The first-order chi connectivity index (χ1) is 15.6. The van der Waals surface area contributed by atoms with E-state index in [1.807, 2.05) is 18.3 Å². The molecule has 8 nitrogen and oxygen atoms in total. The summed E-state index contributed by atoms with van der Waals surface area (Å²) in [6.07, 6.45) is 4.67. The smallest absolute Gasteiger partial charge is 0.397 e. The Hall–Kier alpha value is -3.79. The number of thiazole rings is 1. The SMILES string of the molecule is Cc1nc(-c2ccn(CCNc3ccc(F)cc3)n2)sc1OC(=O)NCc1cccnc1. The standard InChI is InChI=1S/C22H21FN6O2S/c1-15-21(31-22(30)26-14-16-3-2-9-24-13-16)32-20(27-15)19-8-11-29(28-19)12-10-25-18-6-4-17(23)5-7-18/h2-9,11,13,25H,10,12,14H2,1H3,(H,26,30). The second-order valence-corrected chi connectivity index (χ2v) is 7.86. The first kappa shape index (κ1) is 21.4. The number of anilines is 1. The Morgan fingerprint density at radius 3 is 2.84 bits per heavy atom. The Morgan fingerprint density at radius 1 is 1.22 bits per heavy atom. The lowest BCUT2D eigenvalue weighted by Gasteiger charge is -2.06. The molecule has 1 aromatic carbocycles. The quantitative estimate of drug-likeness (QED) is 0.415. The average Bonchev–Trinajstić information content (AvgIpc) is 3.41. The molecule has 1 amide bonds. The number of halogens is 1. The van der Waals surface area contributed by atoms with Crippen LogP contribution >= 0.6 is 11.3 Å². The first-order valence-corrected chi connectivity index (χ1v) is 10.7. The third-order valence-corrected chi connectivity index (χ3v) is 5.53. The summed E-state index contributed by atoms with van der Waals surface area (Å²) in [4.78, 5) is 20.6. The second kappa shape index (κ2) is 10.0. The number of carbonyl (C=O) groups is 1. The van der Waals surface area contributed by atoms with Gasteiger partial charge in [-0.15, -0.1) is 0 Å². The van der Waals surface area contributed by atoms with Crippen molar-refractivity contribution >= 4 is 23.1 Å². The molecule has 0 atom stereocenters. The lowest BCUT2D eigenvalue weighted by Crippen LogP contribution is -2.26. The molecule has 0 spiro atoms. The van der Waals surface area contributed by atoms with Crippen LogP contribution in [0.15, 0.2) is 61.1 Å². The minimum Gasteiger partial charge on any atom is -0.397 e. The molecule has 0 bridgehead atoms. The second-order valence-electron chi connectivity index (χ2n) is 6.89. The Labute approximate surface area is 188 Å². The number of aromatic nitrogens is 4. The minimum absolute atomic E-state index is 0.264. The van der Waals surface area contributed by atoms with Crippen molar-refractivity contribution in [2.24, 2.45) is 0 Å². The summed E-state index contributed by atoms with van der Waals surface area (Å²) in [5.41, 5.74) is 3.04. The largest absolute Gasteiger partial charge is 0.413 e. The van der Waals surface area contributed by atoms with Crippen LogP contribution < -0.4 is 15.4 Å². The van der Waals surface area contributed by atoms with Crippen molar-refractivity contribution in [1.82, 2.24) is 25.1 Å². The number of pyridine rings is 1. The lowest BCUT2D eigenvalue weighted by atomic mass is 10.3. The number of nitrogens with one attached hydrogen (secondary N) is 2. The van der Waals surface area contributed by atoms with E-state index < -0.39 is 6.09 Å². The third kappa shape index (κ3) is 5.67. The van der Waals surface area contributed by atoms with Gasteiger partial charge in [-0.25, -0.2) is 14.2 Å². The van der Waals surface area contributed by atoms with E-state index in [0.29, 0.717) is 41.1 Å². The average molecular weight is 453 g/mol. The number of ether oxygens (including phenoxy) is 1. The van der Waals surface area contributed by atoms with Gasteiger partial charge in [0.25, 0.3) is 0 Å². The van der Waals surface area contributed by atoms with Crippen LogP contribution in [0.1, 0.15) is 11.3 Å². The van der Waals surface area contributed by atoms with Gasteiger partial charge in [-0.1, -0.05) is 17.4 Å².